The summed E-state index contributed by atoms with van der Waals surface area (Å²) in [5.74, 6) is -1.86. The highest BCUT2D eigenvalue weighted by Gasteiger charge is 2.46. The summed E-state index contributed by atoms with van der Waals surface area (Å²) in [5, 5.41) is 16.4. The lowest BCUT2D eigenvalue weighted by molar-refractivity contribution is -0.135. The molecule has 2 aromatic rings. The smallest absolute Gasteiger partial charge is 0.407 e. The molecule has 2 aromatic carbocycles. The summed E-state index contributed by atoms with van der Waals surface area (Å²) >= 11 is 0. The number of hydrogen-bond donors (Lipinski definition) is 4. The van der Waals surface area contributed by atoms with Crippen molar-refractivity contribution in [1.29, 1.82) is 0 Å². The highest BCUT2D eigenvalue weighted by molar-refractivity contribution is 5.91. The molecule has 8 heteroatoms. The summed E-state index contributed by atoms with van der Waals surface area (Å²) in [7, 11) is 0. The molecule has 3 atom stereocenters. The number of benzene rings is 2. The van der Waals surface area contributed by atoms with Gasteiger partial charge in [0, 0.05) is 25.3 Å². The molecule has 0 spiro atoms. The maximum Gasteiger partial charge on any atom is 0.407 e. The summed E-state index contributed by atoms with van der Waals surface area (Å²) < 4.78 is 5.23. The molecular weight excluding hydrogens is 482 g/mol. The van der Waals surface area contributed by atoms with Crippen LogP contribution < -0.4 is 16.4 Å². The second-order valence-electron chi connectivity index (χ2n) is 10.8. The second kappa shape index (κ2) is 14.5. The van der Waals surface area contributed by atoms with E-state index in [1.165, 1.54) is 5.56 Å². The second-order valence-corrected chi connectivity index (χ2v) is 10.8. The molecule has 2 rings (SSSR count). The van der Waals surface area contributed by atoms with Crippen molar-refractivity contribution in [3.63, 3.8) is 0 Å². The standard InChI is InChI=1S/C30H43N3O5/c1-22(25(34)21-32-28(37)38-29(2,3)4)30(27(31)36,20-24-17-11-6-12-18-24)33-26(35)19-13-7-10-16-23-14-8-5-9-15-23/h5-6,8-9,11-12,14-15,17-18,22,25,34H,7,10,13,16,19-21H2,1-4H3,(H2,31,36)(H,32,37)(H,33,35)/t22-,25?,30+/m0/s1. The Labute approximate surface area is 226 Å². The van der Waals surface area contributed by atoms with Crippen LogP contribution in [0.4, 0.5) is 4.79 Å². The van der Waals surface area contributed by atoms with E-state index in [9.17, 15) is 19.5 Å². The number of aryl methyl sites for hydroxylation is 1. The Kier molecular flexibility index (Phi) is 11.8. The molecule has 0 aliphatic rings. The maximum atomic E-state index is 13.0. The van der Waals surface area contributed by atoms with Gasteiger partial charge in [0.1, 0.15) is 11.1 Å². The summed E-state index contributed by atoms with van der Waals surface area (Å²) in [5.41, 5.74) is 5.70. The van der Waals surface area contributed by atoms with Crippen molar-refractivity contribution >= 4 is 17.9 Å². The molecule has 38 heavy (non-hydrogen) atoms. The average Bonchev–Trinajstić information content (AvgIpc) is 2.86. The third-order valence-corrected chi connectivity index (χ3v) is 6.55. The van der Waals surface area contributed by atoms with Gasteiger partial charge in [-0.15, -0.1) is 0 Å². The van der Waals surface area contributed by atoms with Crippen LogP contribution in [-0.2, 0) is 27.2 Å². The zero-order valence-corrected chi connectivity index (χ0v) is 23.0. The van der Waals surface area contributed by atoms with Crippen LogP contribution in [0.5, 0.6) is 0 Å². The zero-order chi connectivity index (χ0) is 28.2. The van der Waals surface area contributed by atoms with Gasteiger partial charge in [0.25, 0.3) is 0 Å². The monoisotopic (exact) mass is 525 g/mol. The third-order valence-electron chi connectivity index (χ3n) is 6.55. The molecule has 1 unspecified atom stereocenters. The Balaban J connectivity index is 2.08. The van der Waals surface area contributed by atoms with Crippen LogP contribution in [0, 0.1) is 5.92 Å². The van der Waals surface area contributed by atoms with Crippen molar-refractivity contribution in [2.75, 3.05) is 6.54 Å². The maximum absolute atomic E-state index is 13.0. The molecular formula is C30H43N3O5. The Morgan fingerprint density at radius 2 is 1.50 bits per heavy atom. The van der Waals surface area contributed by atoms with Gasteiger partial charge in [0.05, 0.1) is 6.10 Å². The molecule has 0 aliphatic heterocycles. The normalized spacial score (nSPS) is 14.6. The number of aliphatic hydroxyl groups is 1. The van der Waals surface area contributed by atoms with E-state index in [0.717, 1.165) is 24.8 Å². The molecule has 5 N–H and O–H groups in total. The fourth-order valence-electron chi connectivity index (χ4n) is 4.36. The van der Waals surface area contributed by atoms with Crippen LogP contribution in [-0.4, -0.2) is 46.8 Å². The van der Waals surface area contributed by atoms with Gasteiger partial charge in [0.2, 0.25) is 11.8 Å². The molecule has 0 saturated heterocycles. The number of unbranched alkanes of at least 4 members (excludes halogenated alkanes) is 2. The van der Waals surface area contributed by atoms with Gasteiger partial charge in [0.15, 0.2) is 0 Å². The minimum Gasteiger partial charge on any atom is -0.444 e. The van der Waals surface area contributed by atoms with Gasteiger partial charge in [-0.2, -0.15) is 0 Å². The van der Waals surface area contributed by atoms with E-state index in [4.69, 9.17) is 10.5 Å². The highest BCUT2D eigenvalue weighted by atomic mass is 16.6. The first-order valence-corrected chi connectivity index (χ1v) is 13.3. The minimum atomic E-state index is -1.56. The predicted octanol–water partition coefficient (Wildman–Crippen LogP) is 3.89. The Morgan fingerprint density at radius 1 is 0.921 bits per heavy atom. The Hall–Kier alpha value is -3.39. The van der Waals surface area contributed by atoms with Gasteiger partial charge in [-0.25, -0.2) is 4.79 Å². The van der Waals surface area contributed by atoms with Gasteiger partial charge >= 0.3 is 6.09 Å². The number of ether oxygens (including phenoxy) is 1. The number of amides is 3. The largest absolute Gasteiger partial charge is 0.444 e. The topological polar surface area (TPSA) is 131 Å². The fraction of sp³-hybridized carbons (Fsp3) is 0.500. The number of hydrogen-bond acceptors (Lipinski definition) is 5. The number of primary amides is 1. The third kappa shape index (κ3) is 10.2. The van der Waals surface area contributed by atoms with Crippen molar-refractivity contribution in [2.45, 2.75) is 83.5 Å². The van der Waals surface area contributed by atoms with Crippen LogP contribution in [0.15, 0.2) is 60.7 Å². The summed E-state index contributed by atoms with van der Waals surface area (Å²) in [6, 6.07) is 19.4. The molecule has 0 radical (unpaired) electrons. The number of alkyl carbamates (subject to hydrolysis) is 1. The first kappa shape index (κ1) is 30.8. The van der Waals surface area contributed by atoms with Crippen molar-refractivity contribution in [2.24, 2.45) is 11.7 Å². The van der Waals surface area contributed by atoms with Gasteiger partial charge in [-0.05, 0) is 51.2 Å². The van der Waals surface area contributed by atoms with Crippen molar-refractivity contribution in [3.8, 4) is 0 Å². The van der Waals surface area contributed by atoms with Crippen molar-refractivity contribution in [3.05, 3.63) is 71.8 Å². The van der Waals surface area contributed by atoms with E-state index >= 15 is 0 Å². The van der Waals surface area contributed by atoms with E-state index in [-0.39, 0.29) is 25.3 Å². The van der Waals surface area contributed by atoms with Crippen LogP contribution in [0.25, 0.3) is 0 Å². The van der Waals surface area contributed by atoms with Crippen molar-refractivity contribution < 1.29 is 24.2 Å². The van der Waals surface area contributed by atoms with Crippen LogP contribution in [0.3, 0.4) is 0 Å². The summed E-state index contributed by atoms with van der Waals surface area (Å²) in [6.07, 6.45) is 1.90. The van der Waals surface area contributed by atoms with Crippen LogP contribution in [0.1, 0.15) is 64.5 Å². The molecule has 0 aromatic heterocycles. The molecule has 3 amide bonds. The SMILES string of the molecule is C[C@@H](C(O)CNC(=O)OC(C)(C)C)[C@@](Cc1ccccc1)(NC(=O)CCCCCc1ccccc1)C(N)=O. The van der Waals surface area contributed by atoms with Gasteiger partial charge in [-0.1, -0.05) is 74.0 Å². The lowest BCUT2D eigenvalue weighted by Gasteiger charge is -2.39. The molecule has 0 saturated carbocycles. The molecule has 0 bridgehead atoms. The summed E-state index contributed by atoms with van der Waals surface area (Å²) in [4.78, 5) is 38.1. The van der Waals surface area contributed by atoms with E-state index < -0.39 is 35.2 Å². The quantitative estimate of drug-likeness (QED) is 0.278. The van der Waals surface area contributed by atoms with E-state index in [1.807, 2.05) is 48.5 Å². The van der Waals surface area contributed by atoms with E-state index in [2.05, 4.69) is 22.8 Å². The number of rotatable bonds is 14. The van der Waals surface area contributed by atoms with Crippen molar-refractivity contribution in [1.82, 2.24) is 10.6 Å². The minimum absolute atomic E-state index is 0.105. The van der Waals surface area contributed by atoms with Gasteiger partial charge < -0.3 is 26.2 Å². The molecule has 0 fully saturated rings. The first-order valence-electron chi connectivity index (χ1n) is 13.3. The molecule has 8 nitrogen and oxygen atoms in total. The summed E-state index contributed by atoms with van der Waals surface area (Å²) in [6.45, 7) is 6.69. The molecule has 208 valence electrons. The predicted molar refractivity (Wildman–Crippen MR) is 148 cm³/mol. The number of nitrogens with two attached hydrogens (primary N) is 1. The van der Waals surface area contributed by atoms with Gasteiger partial charge in [-0.3, -0.25) is 9.59 Å². The Bertz CT molecular complexity index is 1020. The van der Waals surface area contributed by atoms with Crippen LogP contribution >= 0.6 is 0 Å². The lowest BCUT2D eigenvalue weighted by atomic mass is 9.76. The van der Waals surface area contributed by atoms with Crippen LogP contribution in [0.2, 0.25) is 0 Å². The Morgan fingerprint density at radius 3 is 2.05 bits per heavy atom. The number of aliphatic hydroxyl groups excluding tert-OH is 1. The van der Waals surface area contributed by atoms with E-state index in [1.54, 1.807) is 27.7 Å². The number of carbonyl (C=O) groups excluding carboxylic acids is 3. The first-order chi connectivity index (χ1) is 17.9. The lowest BCUT2D eigenvalue weighted by Crippen LogP contribution is -2.65. The molecule has 0 heterocycles. The molecule has 0 aliphatic carbocycles. The number of carbonyl (C=O) groups is 3. The highest BCUT2D eigenvalue weighted by Crippen LogP contribution is 2.27. The average molecular weight is 526 g/mol. The fourth-order valence-corrected chi connectivity index (χ4v) is 4.36. The zero-order valence-electron chi connectivity index (χ0n) is 23.0. The number of nitrogens with one attached hydrogen (secondary N) is 2. The van der Waals surface area contributed by atoms with E-state index in [0.29, 0.717) is 6.42 Å².